The summed E-state index contributed by atoms with van der Waals surface area (Å²) in [6.45, 7) is 12.6. The summed E-state index contributed by atoms with van der Waals surface area (Å²) in [5, 5.41) is 0. The van der Waals surface area contributed by atoms with Gasteiger partial charge in [-0.15, -0.1) is 0 Å². The van der Waals surface area contributed by atoms with E-state index in [1.165, 1.54) is 0 Å². The van der Waals surface area contributed by atoms with Crippen molar-refractivity contribution in [1.29, 1.82) is 0 Å². The molecule has 0 atom stereocenters. The van der Waals surface area contributed by atoms with Crippen molar-refractivity contribution >= 4 is 15.7 Å². The Morgan fingerprint density at radius 1 is 1.10 bits per heavy atom. The largest absolute Gasteiger partial charge is 0.398 e. The lowest BCUT2D eigenvalue weighted by molar-refractivity contribution is 0.289. The van der Waals surface area contributed by atoms with Gasteiger partial charge in [0.2, 0.25) is 10.0 Å². The molecule has 0 bridgehead atoms. The molecule has 0 saturated heterocycles. The second-order valence-electron chi connectivity index (χ2n) is 6.43. The number of nitrogens with one attached hydrogen (secondary N) is 1. The second-order valence-corrected chi connectivity index (χ2v) is 8.13. The van der Waals surface area contributed by atoms with E-state index in [1.54, 1.807) is 13.0 Å². The van der Waals surface area contributed by atoms with E-state index in [9.17, 15) is 8.42 Å². The van der Waals surface area contributed by atoms with Gasteiger partial charge in [-0.3, -0.25) is 0 Å². The predicted octanol–water partition coefficient (Wildman–Crippen LogP) is 3.09. The summed E-state index contributed by atoms with van der Waals surface area (Å²) in [5.74, 6) is 1.14. The Kier molecular flexibility index (Phi) is 5.82. The zero-order chi connectivity index (χ0) is 16.4. The van der Waals surface area contributed by atoms with Crippen molar-refractivity contribution < 1.29 is 8.42 Å². The Morgan fingerprint density at radius 3 is 2.10 bits per heavy atom. The van der Waals surface area contributed by atoms with E-state index in [1.807, 2.05) is 13.0 Å². The van der Waals surface area contributed by atoms with E-state index in [2.05, 4.69) is 32.4 Å². The Balaban J connectivity index is 3.06. The maximum Gasteiger partial charge on any atom is 0.242 e. The average molecular weight is 312 g/mol. The Labute approximate surface area is 129 Å². The van der Waals surface area contributed by atoms with Crippen molar-refractivity contribution in [3.63, 3.8) is 0 Å². The zero-order valence-corrected chi connectivity index (χ0v) is 14.7. The first-order valence-electron chi connectivity index (χ1n) is 7.43. The molecule has 21 heavy (non-hydrogen) atoms. The quantitative estimate of drug-likeness (QED) is 0.793. The summed E-state index contributed by atoms with van der Waals surface area (Å²) in [4.78, 5) is 0.216. The summed E-state index contributed by atoms with van der Waals surface area (Å²) in [6, 6.07) is 3.49. The summed E-state index contributed by atoms with van der Waals surface area (Å²) >= 11 is 0. The summed E-state index contributed by atoms with van der Waals surface area (Å²) < 4.78 is 27.9. The highest BCUT2D eigenvalue weighted by Crippen LogP contribution is 2.26. The molecular formula is C16H28N2O2S. The van der Waals surface area contributed by atoms with Crippen LogP contribution in [0.2, 0.25) is 0 Å². The molecule has 0 heterocycles. The lowest BCUT2D eigenvalue weighted by atomic mass is 9.86. The lowest BCUT2D eigenvalue weighted by Gasteiger charge is -2.25. The highest BCUT2D eigenvalue weighted by molar-refractivity contribution is 7.89. The van der Waals surface area contributed by atoms with Crippen LogP contribution in [0.1, 0.15) is 38.8 Å². The third-order valence-corrected chi connectivity index (χ3v) is 5.82. The minimum Gasteiger partial charge on any atom is -0.398 e. The number of nitrogens with two attached hydrogens (primary N) is 1. The van der Waals surface area contributed by atoms with Crippen LogP contribution in [-0.2, 0) is 10.0 Å². The van der Waals surface area contributed by atoms with Crippen LogP contribution >= 0.6 is 0 Å². The third kappa shape index (κ3) is 4.20. The van der Waals surface area contributed by atoms with Gasteiger partial charge in [0.1, 0.15) is 4.90 Å². The second kappa shape index (κ2) is 6.79. The van der Waals surface area contributed by atoms with Crippen LogP contribution in [0.5, 0.6) is 0 Å². The van der Waals surface area contributed by atoms with Gasteiger partial charge in [0, 0.05) is 6.54 Å². The van der Waals surface area contributed by atoms with E-state index in [4.69, 9.17) is 5.73 Å². The van der Waals surface area contributed by atoms with Crippen molar-refractivity contribution in [2.75, 3.05) is 12.3 Å². The maximum atomic E-state index is 12.6. The number of rotatable bonds is 6. The Hall–Kier alpha value is -1.07. The van der Waals surface area contributed by atoms with Crippen LogP contribution in [0.4, 0.5) is 5.69 Å². The van der Waals surface area contributed by atoms with E-state index >= 15 is 0 Å². The number of sulfonamides is 1. The molecule has 0 saturated carbocycles. The third-order valence-electron chi connectivity index (χ3n) is 4.20. The van der Waals surface area contributed by atoms with Crippen LogP contribution in [0, 0.1) is 31.6 Å². The van der Waals surface area contributed by atoms with E-state index in [0.29, 0.717) is 35.5 Å². The van der Waals surface area contributed by atoms with Crippen molar-refractivity contribution in [3.05, 3.63) is 23.3 Å². The topological polar surface area (TPSA) is 72.2 Å². The molecule has 0 spiro atoms. The van der Waals surface area contributed by atoms with Crippen molar-refractivity contribution in [2.24, 2.45) is 17.8 Å². The van der Waals surface area contributed by atoms with Crippen LogP contribution in [-0.4, -0.2) is 15.0 Å². The fourth-order valence-electron chi connectivity index (χ4n) is 2.69. The number of hydrogen-bond acceptors (Lipinski definition) is 3. The van der Waals surface area contributed by atoms with Gasteiger partial charge in [-0.05, 0) is 48.8 Å². The minimum atomic E-state index is -3.58. The summed E-state index contributed by atoms with van der Waals surface area (Å²) in [7, 11) is -3.58. The molecule has 5 heteroatoms. The molecule has 0 aliphatic rings. The molecule has 0 radical (unpaired) electrons. The molecule has 1 aromatic rings. The molecule has 120 valence electrons. The molecule has 0 aromatic heterocycles. The van der Waals surface area contributed by atoms with Crippen LogP contribution in [0.3, 0.4) is 0 Å². The zero-order valence-electron chi connectivity index (χ0n) is 13.9. The van der Waals surface area contributed by atoms with E-state index in [-0.39, 0.29) is 4.90 Å². The van der Waals surface area contributed by atoms with Crippen LogP contribution < -0.4 is 10.5 Å². The fraction of sp³-hybridized carbons (Fsp3) is 0.625. The molecule has 1 rings (SSSR count). The first-order chi connectivity index (χ1) is 9.58. The minimum absolute atomic E-state index is 0.216. The SMILES string of the molecule is Cc1ccc(N)c(S(=O)(=O)NCC(C(C)C)C(C)C)c1C. The molecule has 0 amide bonds. The molecule has 1 aromatic carbocycles. The van der Waals surface area contributed by atoms with Crippen molar-refractivity contribution in [1.82, 2.24) is 4.72 Å². The molecule has 4 nitrogen and oxygen atoms in total. The predicted molar refractivity (Wildman–Crippen MR) is 88.7 cm³/mol. The number of nitrogen functional groups attached to an aromatic ring is 1. The smallest absolute Gasteiger partial charge is 0.242 e. The molecule has 0 aliphatic heterocycles. The van der Waals surface area contributed by atoms with Gasteiger partial charge >= 0.3 is 0 Å². The van der Waals surface area contributed by atoms with Gasteiger partial charge < -0.3 is 5.73 Å². The van der Waals surface area contributed by atoms with Gasteiger partial charge in [0.25, 0.3) is 0 Å². The van der Waals surface area contributed by atoms with Gasteiger partial charge in [-0.25, -0.2) is 13.1 Å². The van der Waals surface area contributed by atoms with Crippen LogP contribution in [0.15, 0.2) is 17.0 Å². The average Bonchev–Trinajstić information content (AvgIpc) is 2.33. The molecule has 0 unspecified atom stereocenters. The Morgan fingerprint density at radius 2 is 1.62 bits per heavy atom. The number of benzene rings is 1. The number of hydrogen-bond donors (Lipinski definition) is 2. The first-order valence-corrected chi connectivity index (χ1v) is 8.91. The molecule has 3 N–H and O–H groups in total. The highest BCUT2D eigenvalue weighted by atomic mass is 32.2. The summed E-state index contributed by atoms with van der Waals surface area (Å²) in [5.41, 5.74) is 7.83. The Bertz CT molecular complexity index is 585. The van der Waals surface area contributed by atoms with Crippen LogP contribution in [0.25, 0.3) is 0 Å². The van der Waals surface area contributed by atoms with Gasteiger partial charge in [0.15, 0.2) is 0 Å². The lowest BCUT2D eigenvalue weighted by Crippen LogP contribution is -2.34. The van der Waals surface area contributed by atoms with Gasteiger partial charge in [-0.2, -0.15) is 0 Å². The molecular weight excluding hydrogens is 284 g/mol. The van der Waals surface area contributed by atoms with E-state index in [0.717, 1.165) is 5.56 Å². The molecule has 0 aliphatic carbocycles. The number of aryl methyl sites for hydroxylation is 1. The number of anilines is 1. The van der Waals surface area contributed by atoms with Crippen molar-refractivity contribution in [3.8, 4) is 0 Å². The monoisotopic (exact) mass is 312 g/mol. The maximum absolute atomic E-state index is 12.6. The molecule has 0 fully saturated rings. The highest BCUT2D eigenvalue weighted by Gasteiger charge is 2.24. The normalized spacial score (nSPS) is 12.6. The first kappa shape index (κ1) is 18.0. The summed E-state index contributed by atoms with van der Waals surface area (Å²) in [6.07, 6.45) is 0. The van der Waals surface area contributed by atoms with E-state index < -0.39 is 10.0 Å². The van der Waals surface area contributed by atoms with Gasteiger partial charge in [0.05, 0.1) is 5.69 Å². The fourth-order valence-corrected chi connectivity index (χ4v) is 4.19. The standard InChI is InChI=1S/C16H28N2O2S/c1-10(2)14(11(3)4)9-18-21(19,20)16-13(6)12(5)7-8-15(16)17/h7-8,10-11,14,18H,9,17H2,1-6H3. The van der Waals surface area contributed by atoms with Crippen molar-refractivity contribution in [2.45, 2.75) is 46.4 Å². The van der Waals surface area contributed by atoms with Gasteiger partial charge in [-0.1, -0.05) is 33.8 Å².